The molecule has 3 rings (SSSR count). The lowest BCUT2D eigenvalue weighted by molar-refractivity contribution is 0.102. The van der Waals surface area contributed by atoms with Crippen molar-refractivity contribution in [1.82, 2.24) is 4.72 Å². The number of rotatable bonds is 8. The Morgan fingerprint density at radius 1 is 1.10 bits per heavy atom. The summed E-state index contributed by atoms with van der Waals surface area (Å²) in [5, 5.41) is 2.88. The van der Waals surface area contributed by atoms with Crippen molar-refractivity contribution in [1.29, 1.82) is 0 Å². The molecule has 0 aliphatic carbocycles. The minimum absolute atomic E-state index is 0.107. The highest BCUT2D eigenvalue weighted by Crippen LogP contribution is 2.27. The number of carbonyl (C=O) groups is 1. The van der Waals surface area contributed by atoms with E-state index in [1.165, 1.54) is 49.9 Å². The number of anilines is 2. The Balaban J connectivity index is 1.65. The Labute approximate surface area is 172 Å². The molecule has 1 aliphatic heterocycles. The van der Waals surface area contributed by atoms with Gasteiger partial charge in [-0.1, -0.05) is 0 Å². The van der Waals surface area contributed by atoms with Crippen molar-refractivity contribution in [3.63, 3.8) is 0 Å². The van der Waals surface area contributed by atoms with E-state index in [4.69, 9.17) is 4.74 Å². The summed E-state index contributed by atoms with van der Waals surface area (Å²) in [5.41, 5.74) is 3.43. The van der Waals surface area contributed by atoms with E-state index in [0.717, 1.165) is 18.7 Å². The van der Waals surface area contributed by atoms with Crippen molar-refractivity contribution in [3.8, 4) is 0 Å². The second-order valence-electron chi connectivity index (χ2n) is 7.06. The second-order valence-corrected chi connectivity index (χ2v) is 8.83. The summed E-state index contributed by atoms with van der Waals surface area (Å²) in [6, 6.07) is 11.8. The maximum Gasteiger partial charge on any atom is 0.255 e. The predicted octanol–water partition coefficient (Wildman–Crippen LogP) is 2.77. The molecule has 2 N–H and O–H groups in total. The third kappa shape index (κ3) is 5.35. The minimum atomic E-state index is -3.62. The van der Waals surface area contributed by atoms with Gasteiger partial charge in [0.05, 0.1) is 11.5 Å². The van der Waals surface area contributed by atoms with E-state index >= 15 is 0 Å². The summed E-state index contributed by atoms with van der Waals surface area (Å²) in [5.74, 6) is -0.283. The Morgan fingerprint density at radius 2 is 1.79 bits per heavy atom. The highest BCUT2D eigenvalue weighted by Gasteiger charge is 2.16. The van der Waals surface area contributed by atoms with Crippen LogP contribution in [-0.4, -0.2) is 47.7 Å². The largest absolute Gasteiger partial charge is 0.383 e. The van der Waals surface area contributed by atoms with Crippen molar-refractivity contribution < 1.29 is 17.9 Å². The molecule has 0 bridgehead atoms. The summed E-state index contributed by atoms with van der Waals surface area (Å²) in [4.78, 5) is 15.0. The molecule has 0 radical (unpaired) electrons. The van der Waals surface area contributed by atoms with Gasteiger partial charge in [-0.3, -0.25) is 4.79 Å². The van der Waals surface area contributed by atoms with Gasteiger partial charge in [0.25, 0.3) is 5.91 Å². The SMILES string of the molecule is COCCNS(=O)(=O)c1ccc(C(=O)Nc2ccc(N3CCCC3)c(C)c2)cc1. The van der Waals surface area contributed by atoms with Gasteiger partial charge in [-0.2, -0.15) is 0 Å². The monoisotopic (exact) mass is 417 g/mol. The number of nitrogens with zero attached hydrogens (tertiary/aromatic N) is 1. The number of aryl methyl sites for hydroxylation is 1. The number of benzene rings is 2. The van der Waals surface area contributed by atoms with Crippen molar-refractivity contribution in [3.05, 3.63) is 53.6 Å². The summed E-state index contributed by atoms with van der Waals surface area (Å²) in [6.07, 6.45) is 2.43. The van der Waals surface area contributed by atoms with E-state index < -0.39 is 10.0 Å². The van der Waals surface area contributed by atoms with Crippen molar-refractivity contribution >= 4 is 27.3 Å². The molecule has 1 heterocycles. The molecule has 8 heteroatoms. The molecular formula is C21H27N3O4S. The third-order valence-corrected chi connectivity index (χ3v) is 6.40. The van der Waals surface area contributed by atoms with Gasteiger partial charge < -0.3 is 15.0 Å². The van der Waals surface area contributed by atoms with Gasteiger partial charge >= 0.3 is 0 Å². The van der Waals surface area contributed by atoms with Crippen LogP contribution < -0.4 is 14.9 Å². The van der Waals surface area contributed by atoms with E-state index in [9.17, 15) is 13.2 Å². The van der Waals surface area contributed by atoms with Crippen LogP contribution in [0, 0.1) is 6.92 Å². The summed E-state index contributed by atoms with van der Waals surface area (Å²) in [6.45, 7) is 4.66. The quantitative estimate of drug-likeness (QED) is 0.645. The maximum atomic E-state index is 12.5. The van der Waals surface area contributed by atoms with Crippen LogP contribution >= 0.6 is 0 Å². The summed E-state index contributed by atoms with van der Waals surface area (Å²) < 4.78 is 31.7. The number of nitrogens with one attached hydrogen (secondary N) is 2. The fourth-order valence-corrected chi connectivity index (χ4v) is 4.41. The fraction of sp³-hybridized carbons (Fsp3) is 0.381. The number of amides is 1. The van der Waals surface area contributed by atoms with Crippen molar-refractivity contribution in [2.75, 3.05) is 43.6 Å². The van der Waals surface area contributed by atoms with Crippen LogP contribution in [0.25, 0.3) is 0 Å². The third-order valence-electron chi connectivity index (χ3n) is 4.93. The number of hydrogen-bond donors (Lipinski definition) is 2. The van der Waals surface area contributed by atoms with Gasteiger partial charge in [0.2, 0.25) is 10.0 Å². The molecule has 156 valence electrons. The van der Waals surface area contributed by atoms with E-state index in [-0.39, 0.29) is 24.0 Å². The average Bonchev–Trinajstić information content (AvgIpc) is 3.23. The Kier molecular flexibility index (Phi) is 6.89. The van der Waals surface area contributed by atoms with Gasteiger partial charge in [-0.05, 0) is 67.8 Å². The molecule has 0 aromatic heterocycles. The molecule has 0 saturated carbocycles. The molecule has 1 aliphatic rings. The van der Waals surface area contributed by atoms with Crippen LogP contribution in [0.1, 0.15) is 28.8 Å². The molecule has 2 aromatic carbocycles. The Morgan fingerprint density at radius 3 is 2.41 bits per heavy atom. The molecule has 0 spiro atoms. The van der Waals surface area contributed by atoms with Crippen LogP contribution in [0.3, 0.4) is 0 Å². The van der Waals surface area contributed by atoms with Crippen LogP contribution in [-0.2, 0) is 14.8 Å². The molecule has 0 unspecified atom stereocenters. The normalized spacial score (nSPS) is 14.2. The van der Waals surface area contributed by atoms with Crippen LogP contribution in [0.2, 0.25) is 0 Å². The van der Waals surface area contributed by atoms with E-state index in [0.29, 0.717) is 11.3 Å². The molecule has 1 fully saturated rings. The summed E-state index contributed by atoms with van der Waals surface area (Å²) >= 11 is 0. The van der Waals surface area contributed by atoms with Crippen LogP contribution in [0.5, 0.6) is 0 Å². The second kappa shape index (κ2) is 9.39. The number of hydrogen-bond acceptors (Lipinski definition) is 5. The van der Waals surface area contributed by atoms with E-state index in [1.54, 1.807) is 0 Å². The van der Waals surface area contributed by atoms with Gasteiger partial charge in [-0.25, -0.2) is 13.1 Å². The molecular weight excluding hydrogens is 390 g/mol. The first-order chi connectivity index (χ1) is 13.9. The lowest BCUT2D eigenvalue weighted by Crippen LogP contribution is -2.27. The predicted molar refractivity (Wildman–Crippen MR) is 114 cm³/mol. The zero-order valence-corrected chi connectivity index (χ0v) is 17.6. The van der Waals surface area contributed by atoms with E-state index in [1.807, 2.05) is 25.1 Å². The zero-order chi connectivity index (χ0) is 20.9. The molecule has 29 heavy (non-hydrogen) atoms. The van der Waals surface area contributed by atoms with Gasteiger partial charge in [-0.15, -0.1) is 0 Å². The van der Waals surface area contributed by atoms with Crippen molar-refractivity contribution in [2.24, 2.45) is 0 Å². The maximum absolute atomic E-state index is 12.5. The zero-order valence-electron chi connectivity index (χ0n) is 16.8. The number of carbonyl (C=O) groups excluding carboxylic acids is 1. The first kappa shape index (κ1) is 21.3. The molecule has 0 atom stereocenters. The number of ether oxygens (including phenoxy) is 1. The molecule has 1 amide bonds. The molecule has 1 saturated heterocycles. The Hall–Kier alpha value is -2.42. The average molecular weight is 418 g/mol. The summed E-state index contributed by atoms with van der Waals surface area (Å²) in [7, 11) is -2.12. The molecule has 2 aromatic rings. The van der Waals surface area contributed by atoms with Gasteiger partial charge in [0.1, 0.15) is 0 Å². The first-order valence-electron chi connectivity index (χ1n) is 9.66. The fourth-order valence-electron chi connectivity index (χ4n) is 3.40. The minimum Gasteiger partial charge on any atom is -0.383 e. The highest BCUT2D eigenvalue weighted by molar-refractivity contribution is 7.89. The van der Waals surface area contributed by atoms with Gasteiger partial charge in [0, 0.05) is 43.7 Å². The standard InChI is InChI=1S/C21H27N3O4S/c1-16-15-18(7-10-20(16)24-12-3-4-13-24)23-21(25)17-5-8-19(9-6-17)29(26,27)22-11-14-28-2/h5-10,15,22H,3-4,11-14H2,1-2H3,(H,23,25). The topological polar surface area (TPSA) is 87.7 Å². The van der Waals surface area contributed by atoms with Gasteiger partial charge in [0.15, 0.2) is 0 Å². The first-order valence-corrected chi connectivity index (χ1v) is 11.1. The lowest BCUT2D eigenvalue weighted by Gasteiger charge is -2.20. The van der Waals surface area contributed by atoms with Crippen molar-refractivity contribution in [2.45, 2.75) is 24.7 Å². The smallest absolute Gasteiger partial charge is 0.255 e. The lowest BCUT2D eigenvalue weighted by atomic mass is 10.1. The number of sulfonamides is 1. The van der Waals surface area contributed by atoms with E-state index in [2.05, 4.69) is 14.9 Å². The highest BCUT2D eigenvalue weighted by atomic mass is 32.2. The van der Waals surface area contributed by atoms with Crippen LogP contribution in [0.15, 0.2) is 47.4 Å². The van der Waals surface area contributed by atoms with Crippen LogP contribution in [0.4, 0.5) is 11.4 Å². The number of methoxy groups -OCH3 is 1. The Bertz CT molecular complexity index is 952. The molecule has 7 nitrogen and oxygen atoms in total.